The smallest absolute Gasteiger partial charge is 0.164 e. The molecule has 10 aromatic rings. The van der Waals surface area contributed by atoms with E-state index in [4.69, 9.17) is 9.97 Å². The van der Waals surface area contributed by atoms with Crippen LogP contribution in [0.2, 0.25) is 0 Å². The molecule has 10 rings (SSSR count). The molecule has 3 nitrogen and oxygen atoms in total. The van der Waals surface area contributed by atoms with Crippen molar-refractivity contribution in [3.05, 3.63) is 188 Å². The van der Waals surface area contributed by atoms with Crippen LogP contribution < -0.4 is 0 Å². The van der Waals surface area contributed by atoms with E-state index in [0.29, 0.717) is 0 Å². The zero-order valence-corrected chi connectivity index (χ0v) is 27.7. The summed E-state index contributed by atoms with van der Waals surface area (Å²) in [7, 11) is 0. The number of para-hydroxylation sites is 2. The molecule has 0 atom stereocenters. The number of imidazole rings is 1. The summed E-state index contributed by atoms with van der Waals surface area (Å²) in [4.78, 5) is 10.2. The Morgan fingerprint density at radius 3 is 1.65 bits per heavy atom. The summed E-state index contributed by atoms with van der Waals surface area (Å²) in [5.74, 6) is 0.817. The van der Waals surface area contributed by atoms with Crippen LogP contribution in [0.5, 0.6) is 0 Å². The van der Waals surface area contributed by atoms with Crippen molar-refractivity contribution in [2.24, 2.45) is 0 Å². The van der Waals surface area contributed by atoms with Gasteiger partial charge in [-0.3, -0.25) is 4.57 Å². The van der Waals surface area contributed by atoms with Crippen LogP contribution in [-0.4, -0.2) is 14.5 Å². The molecule has 238 valence electrons. The third kappa shape index (κ3) is 4.90. The molecule has 0 amide bonds. The molecule has 0 saturated carbocycles. The van der Waals surface area contributed by atoms with Gasteiger partial charge in [0.2, 0.25) is 0 Å². The fourth-order valence-electron chi connectivity index (χ4n) is 7.66. The van der Waals surface area contributed by atoms with Gasteiger partial charge in [-0.25, -0.2) is 9.97 Å². The second-order valence-electron chi connectivity index (χ2n) is 13.0. The molecule has 2 heterocycles. The number of benzene rings is 8. The van der Waals surface area contributed by atoms with Crippen LogP contribution in [0, 0.1) is 0 Å². The van der Waals surface area contributed by atoms with Crippen molar-refractivity contribution in [2.45, 2.75) is 0 Å². The van der Waals surface area contributed by atoms with Gasteiger partial charge in [0.1, 0.15) is 5.69 Å². The Morgan fingerprint density at radius 1 is 0.353 bits per heavy atom. The second kappa shape index (κ2) is 11.9. The molecular weight excluding hydrogens is 619 g/mol. The van der Waals surface area contributed by atoms with Crippen molar-refractivity contribution in [3.8, 4) is 50.7 Å². The van der Waals surface area contributed by atoms with E-state index >= 15 is 0 Å². The van der Waals surface area contributed by atoms with E-state index in [9.17, 15) is 0 Å². The minimum atomic E-state index is 0.817. The van der Waals surface area contributed by atoms with Gasteiger partial charge in [0.25, 0.3) is 0 Å². The Morgan fingerprint density at radius 2 is 0.922 bits per heavy atom. The van der Waals surface area contributed by atoms with Gasteiger partial charge in [-0.15, -0.1) is 0 Å². The Balaban J connectivity index is 1.14. The lowest BCUT2D eigenvalue weighted by molar-refractivity contribution is 1.08. The zero-order valence-electron chi connectivity index (χ0n) is 27.7. The molecule has 0 fully saturated rings. The van der Waals surface area contributed by atoms with Crippen molar-refractivity contribution in [3.63, 3.8) is 0 Å². The van der Waals surface area contributed by atoms with Crippen LogP contribution in [0.15, 0.2) is 188 Å². The Kier molecular flexibility index (Phi) is 6.81. The lowest BCUT2D eigenvalue weighted by atomic mass is 9.85. The minimum Gasteiger partial charge on any atom is -0.291 e. The van der Waals surface area contributed by atoms with Gasteiger partial charge in [-0.05, 0) is 97.0 Å². The van der Waals surface area contributed by atoms with Crippen molar-refractivity contribution < 1.29 is 0 Å². The van der Waals surface area contributed by atoms with E-state index in [1.165, 1.54) is 54.6 Å². The van der Waals surface area contributed by atoms with Crippen LogP contribution >= 0.6 is 0 Å². The van der Waals surface area contributed by atoms with Gasteiger partial charge in [-0.1, -0.05) is 146 Å². The van der Waals surface area contributed by atoms with Crippen molar-refractivity contribution in [1.82, 2.24) is 14.5 Å². The maximum absolute atomic E-state index is 5.11. The predicted octanol–water partition coefficient (Wildman–Crippen LogP) is 12.5. The largest absolute Gasteiger partial charge is 0.291 e. The van der Waals surface area contributed by atoms with Gasteiger partial charge < -0.3 is 0 Å². The van der Waals surface area contributed by atoms with Gasteiger partial charge >= 0.3 is 0 Å². The normalized spacial score (nSPS) is 11.5. The molecule has 51 heavy (non-hydrogen) atoms. The van der Waals surface area contributed by atoms with E-state index in [1.807, 2.05) is 30.3 Å². The molecule has 0 unspecified atom stereocenters. The molecule has 8 aromatic carbocycles. The highest BCUT2D eigenvalue weighted by molar-refractivity contribution is 6.21. The topological polar surface area (TPSA) is 30.7 Å². The van der Waals surface area contributed by atoms with E-state index in [2.05, 4.69) is 162 Å². The highest BCUT2D eigenvalue weighted by atomic mass is 15.1. The van der Waals surface area contributed by atoms with Crippen LogP contribution in [0.4, 0.5) is 0 Å². The number of nitrogens with zero attached hydrogens (tertiary/aromatic N) is 3. The molecular formula is C48H31N3. The van der Waals surface area contributed by atoms with Gasteiger partial charge in [0.05, 0.1) is 16.7 Å². The maximum atomic E-state index is 5.11. The molecule has 0 spiro atoms. The molecule has 0 saturated heterocycles. The fraction of sp³-hybridized carbons (Fsp3) is 0. The molecule has 0 aliphatic rings. The van der Waals surface area contributed by atoms with Crippen molar-refractivity contribution >= 4 is 43.4 Å². The Labute approximate surface area is 295 Å². The standard InChI is InChI=1S/C48H31N3/c1-2-14-33(15-3-1)42-22-12-23-44(49-42)48-50-43-21-10-11-24-45(43)51(48)37-29-27-34(28-30-37)46-38-17-6-8-19-40(38)47(41-20-9-7-18-39(41)46)36-26-25-32-13-4-5-16-35(32)31-36/h1-31H. The molecule has 0 bridgehead atoms. The van der Waals surface area contributed by atoms with E-state index < -0.39 is 0 Å². The quantitative estimate of drug-likeness (QED) is 0.174. The average molecular weight is 650 g/mol. The number of fused-ring (bicyclic) bond motifs is 4. The highest BCUT2D eigenvalue weighted by Crippen LogP contribution is 2.44. The maximum Gasteiger partial charge on any atom is 0.164 e. The first kappa shape index (κ1) is 29.1. The van der Waals surface area contributed by atoms with E-state index in [0.717, 1.165) is 39.5 Å². The first-order chi connectivity index (χ1) is 25.3. The summed E-state index contributed by atoms with van der Waals surface area (Å²) in [6.45, 7) is 0. The van der Waals surface area contributed by atoms with Crippen molar-refractivity contribution in [2.75, 3.05) is 0 Å². The van der Waals surface area contributed by atoms with Crippen molar-refractivity contribution in [1.29, 1.82) is 0 Å². The average Bonchev–Trinajstić information content (AvgIpc) is 3.60. The number of aromatic nitrogens is 3. The molecule has 0 radical (unpaired) electrons. The molecule has 0 N–H and O–H groups in total. The summed E-state index contributed by atoms with van der Waals surface area (Å²) in [6.07, 6.45) is 0. The molecule has 3 heteroatoms. The summed E-state index contributed by atoms with van der Waals surface area (Å²) in [6, 6.07) is 66.8. The number of hydrogen-bond acceptors (Lipinski definition) is 2. The molecule has 2 aromatic heterocycles. The third-order valence-corrected chi connectivity index (χ3v) is 9.99. The van der Waals surface area contributed by atoms with Crippen LogP contribution in [-0.2, 0) is 0 Å². The Bertz CT molecular complexity index is 2850. The summed E-state index contributed by atoms with van der Waals surface area (Å²) >= 11 is 0. The Hall–Kier alpha value is -6.84. The van der Waals surface area contributed by atoms with Gasteiger partial charge in [0.15, 0.2) is 5.82 Å². The van der Waals surface area contributed by atoms with Gasteiger partial charge in [0, 0.05) is 11.3 Å². The van der Waals surface area contributed by atoms with Crippen LogP contribution in [0.3, 0.4) is 0 Å². The predicted molar refractivity (Wildman–Crippen MR) is 213 cm³/mol. The first-order valence-corrected chi connectivity index (χ1v) is 17.3. The lowest BCUT2D eigenvalue weighted by Gasteiger charge is -2.18. The SMILES string of the molecule is c1ccc(-c2cccc(-c3nc4ccccc4n3-c3ccc(-c4c5ccccc5c(-c5ccc6ccccc6c5)c5ccccc45)cc3)n2)cc1. The number of hydrogen-bond donors (Lipinski definition) is 0. The van der Waals surface area contributed by atoms with Crippen LogP contribution in [0.25, 0.3) is 94.1 Å². The summed E-state index contributed by atoms with van der Waals surface area (Å²) in [5.41, 5.74) is 10.8. The van der Waals surface area contributed by atoms with E-state index in [-0.39, 0.29) is 0 Å². The van der Waals surface area contributed by atoms with Gasteiger partial charge in [-0.2, -0.15) is 0 Å². The summed E-state index contributed by atoms with van der Waals surface area (Å²) < 4.78 is 2.23. The zero-order chi connectivity index (χ0) is 33.7. The summed E-state index contributed by atoms with van der Waals surface area (Å²) in [5, 5.41) is 7.47. The fourth-order valence-corrected chi connectivity index (χ4v) is 7.66. The first-order valence-electron chi connectivity index (χ1n) is 17.3. The number of rotatable bonds is 5. The minimum absolute atomic E-state index is 0.817. The highest BCUT2D eigenvalue weighted by Gasteiger charge is 2.19. The second-order valence-corrected chi connectivity index (χ2v) is 13.0. The third-order valence-electron chi connectivity index (χ3n) is 9.99. The van der Waals surface area contributed by atoms with Crippen LogP contribution in [0.1, 0.15) is 0 Å². The molecule has 0 aliphatic carbocycles. The van der Waals surface area contributed by atoms with E-state index in [1.54, 1.807) is 0 Å². The monoisotopic (exact) mass is 649 g/mol. The number of pyridine rings is 1. The lowest BCUT2D eigenvalue weighted by Crippen LogP contribution is -1.99. The molecule has 0 aliphatic heterocycles.